The molecule has 1 rings (SSSR count). The Balaban J connectivity index is 2.25. The lowest BCUT2D eigenvalue weighted by Gasteiger charge is -2.07. The molecule has 19 heavy (non-hydrogen) atoms. The third kappa shape index (κ3) is 5.87. The molecule has 0 saturated carbocycles. The van der Waals surface area contributed by atoms with E-state index < -0.39 is 0 Å². The highest BCUT2D eigenvalue weighted by atomic mass is 16.5. The lowest BCUT2D eigenvalue weighted by molar-refractivity contribution is -0.140. The van der Waals surface area contributed by atoms with Gasteiger partial charge in [-0.2, -0.15) is 0 Å². The molecule has 0 spiro atoms. The first-order chi connectivity index (χ1) is 9.15. The van der Waals surface area contributed by atoms with Gasteiger partial charge >= 0.3 is 5.97 Å². The number of carbonyl (C=O) groups excluding carboxylic acids is 2. The minimum absolute atomic E-state index is 0.142. The summed E-state index contributed by atoms with van der Waals surface area (Å²) in [7, 11) is 2.91. The summed E-state index contributed by atoms with van der Waals surface area (Å²) >= 11 is 0. The van der Waals surface area contributed by atoms with E-state index in [4.69, 9.17) is 4.74 Å². The predicted molar refractivity (Wildman–Crippen MR) is 71.1 cm³/mol. The van der Waals surface area contributed by atoms with Gasteiger partial charge in [-0.3, -0.25) is 9.59 Å². The molecule has 0 atom stereocenters. The highest BCUT2D eigenvalue weighted by Gasteiger charge is 2.03. The zero-order valence-electron chi connectivity index (χ0n) is 11.1. The zero-order valence-corrected chi connectivity index (χ0v) is 11.1. The van der Waals surface area contributed by atoms with Crippen LogP contribution in [-0.4, -0.2) is 39.2 Å². The summed E-state index contributed by atoms with van der Waals surface area (Å²) < 4.78 is 9.50. The molecule has 0 aliphatic carbocycles. The van der Waals surface area contributed by atoms with Crippen molar-refractivity contribution in [1.29, 1.82) is 0 Å². The Kier molecular flexibility index (Phi) is 6.38. The fourth-order valence-electron chi connectivity index (χ4n) is 1.37. The molecule has 1 amide bonds. The topological polar surface area (TPSA) is 76.7 Å². The van der Waals surface area contributed by atoms with Gasteiger partial charge in [-0.25, -0.2) is 0 Å². The molecule has 6 heteroatoms. The van der Waals surface area contributed by atoms with Gasteiger partial charge in [0, 0.05) is 12.2 Å². The second-order valence-corrected chi connectivity index (χ2v) is 3.78. The number of benzene rings is 1. The van der Waals surface area contributed by atoms with Crippen molar-refractivity contribution in [2.75, 3.05) is 32.6 Å². The number of methoxy groups -OCH3 is 2. The van der Waals surface area contributed by atoms with Crippen LogP contribution in [0.25, 0.3) is 0 Å². The first kappa shape index (κ1) is 15.0. The monoisotopic (exact) mass is 266 g/mol. The summed E-state index contributed by atoms with van der Waals surface area (Å²) in [6, 6.07) is 7.04. The molecule has 0 aliphatic heterocycles. The van der Waals surface area contributed by atoms with E-state index in [-0.39, 0.29) is 24.8 Å². The van der Waals surface area contributed by atoms with Gasteiger partial charge in [-0.15, -0.1) is 0 Å². The van der Waals surface area contributed by atoms with Crippen molar-refractivity contribution in [1.82, 2.24) is 5.32 Å². The lowest BCUT2D eigenvalue weighted by atomic mass is 10.3. The molecule has 0 radical (unpaired) electrons. The van der Waals surface area contributed by atoms with Crippen LogP contribution < -0.4 is 15.4 Å². The van der Waals surface area contributed by atoms with Gasteiger partial charge in [0.15, 0.2) is 0 Å². The van der Waals surface area contributed by atoms with E-state index in [2.05, 4.69) is 15.4 Å². The maximum atomic E-state index is 11.6. The van der Waals surface area contributed by atoms with Gasteiger partial charge in [-0.05, 0) is 24.3 Å². The first-order valence-corrected chi connectivity index (χ1v) is 5.87. The van der Waals surface area contributed by atoms with Crippen molar-refractivity contribution in [3.05, 3.63) is 24.3 Å². The lowest BCUT2D eigenvalue weighted by Crippen LogP contribution is -2.29. The van der Waals surface area contributed by atoms with E-state index in [0.717, 1.165) is 5.75 Å². The summed E-state index contributed by atoms with van der Waals surface area (Å²) in [4.78, 5) is 22.4. The van der Waals surface area contributed by atoms with Gasteiger partial charge in [0.2, 0.25) is 5.91 Å². The fraction of sp³-hybridized carbons (Fsp3) is 0.385. The van der Waals surface area contributed by atoms with Crippen LogP contribution in [-0.2, 0) is 14.3 Å². The van der Waals surface area contributed by atoms with E-state index >= 15 is 0 Å². The Morgan fingerprint density at radius 2 is 1.84 bits per heavy atom. The number of rotatable bonds is 7. The molecule has 0 fully saturated rings. The van der Waals surface area contributed by atoms with Crippen LogP contribution in [0, 0.1) is 0 Å². The van der Waals surface area contributed by atoms with E-state index in [1.165, 1.54) is 7.11 Å². The number of anilines is 1. The van der Waals surface area contributed by atoms with Crippen LogP contribution in [0.15, 0.2) is 24.3 Å². The largest absolute Gasteiger partial charge is 0.497 e. The molecule has 0 unspecified atom stereocenters. The van der Waals surface area contributed by atoms with Gasteiger partial charge in [0.25, 0.3) is 0 Å². The third-order valence-electron chi connectivity index (χ3n) is 2.39. The van der Waals surface area contributed by atoms with Crippen molar-refractivity contribution >= 4 is 17.6 Å². The second kappa shape index (κ2) is 8.10. The van der Waals surface area contributed by atoms with Gasteiger partial charge in [0.05, 0.1) is 27.2 Å². The summed E-state index contributed by atoms with van der Waals surface area (Å²) in [5.74, 6) is 0.257. The smallest absolute Gasteiger partial charge is 0.306 e. The van der Waals surface area contributed by atoms with Crippen molar-refractivity contribution in [3.8, 4) is 5.75 Å². The molecule has 0 aromatic heterocycles. The normalized spacial score (nSPS) is 9.79. The molecule has 0 saturated heterocycles. The summed E-state index contributed by atoms with van der Waals surface area (Å²) in [5.41, 5.74) is 0.695. The van der Waals surface area contributed by atoms with Gasteiger partial charge in [-0.1, -0.05) is 0 Å². The van der Waals surface area contributed by atoms with Crippen LogP contribution in [0.3, 0.4) is 0 Å². The Hall–Kier alpha value is -2.08. The minimum Gasteiger partial charge on any atom is -0.497 e. The molecular weight excluding hydrogens is 248 g/mol. The van der Waals surface area contributed by atoms with E-state index in [9.17, 15) is 9.59 Å². The maximum Gasteiger partial charge on any atom is 0.306 e. The standard InChI is InChI=1S/C13H18N2O4/c1-18-11-5-3-10(4-6-11)15-12(16)9-14-8-7-13(17)19-2/h3-6,14H,7-9H2,1-2H3,(H,15,16). The Bertz CT molecular complexity index is 417. The average Bonchev–Trinajstić information content (AvgIpc) is 2.44. The molecular formula is C13H18N2O4. The highest BCUT2D eigenvalue weighted by molar-refractivity contribution is 5.92. The molecule has 0 aliphatic rings. The minimum atomic E-state index is -0.303. The average molecular weight is 266 g/mol. The van der Waals surface area contributed by atoms with Crippen molar-refractivity contribution in [3.63, 3.8) is 0 Å². The van der Waals surface area contributed by atoms with Gasteiger partial charge < -0.3 is 20.1 Å². The summed E-state index contributed by atoms with van der Waals surface area (Å²) in [6.07, 6.45) is 0.242. The summed E-state index contributed by atoms with van der Waals surface area (Å²) in [6.45, 7) is 0.547. The van der Waals surface area contributed by atoms with Crippen LogP contribution in [0.2, 0.25) is 0 Å². The van der Waals surface area contributed by atoms with Crippen LogP contribution in [0.4, 0.5) is 5.69 Å². The molecule has 1 aromatic carbocycles. The highest BCUT2D eigenvalue weighted by Crippen LogP contribution is 2.14. The van der Waals surface area contributed by atoms with E-state index in [1.807, 2.05) is 0 Å². The van der Waals surface area contributed by atoms with Crippen LogP contribution in [0.1, 0.15) is 6.42 Å². The number of hydrogen-bond donors (Lipinski definition) is 2. The quantitative estimate of drug-likeness (QED) is 0.563. The number of hydrogen-bond acceptors (Lipinski definition) is 5. The first-order valence-electron chi connectivity index (χ1n) is 5.87. The fourth-order valence-corrected chi connectivity index (χ4v) is 1.37. The van der Waals surface area contributed by atoms with E-state index in [0.29, 0.717) is 12.2 Å². The zero-order chi connectivity index (χ0) is 14.1. The van der Waals surface area contributed by atoms with Crippen molar-refractivity contribution in [2.45, 2.75) is 6.42 Å². The molecule has 1 aromatic rings. The number of ether oxygens (including phenoxy) is 2. The van der Waals surface area contributed by atoms with E-state index in [1.54, 1.807) is 31.4 Å². The second-order valence-electron chi connectivity index (χ2n) is 3.78. The molecule has 6 nitrogen and oxygen atoms in total. The molecule has 104 valence electrons. The SMILES string of the molecule is COC(=O)CCNCC(=O)Nc1ccc(OC)cc1. The number of amides is 1. The van der Waals surface area contributed by atoms with Gasteiger partial charge in [0.1, 0.15) is 5.75 Å². The number of esters is 1. The molecule has 0 bridgehead atoms. The van der Waals surface area contributed by atoms with Crippen molar-refractivity contribution < 1.29 is 19.1 Å². The van der Waals surface area contributed by atoms with Crippen LogP contribution >= 0.6 is 0 Å². The number of nitrogens with one attached hydrogen (secondary N) is 2. The Labute approximate surface area is 112 Å². The molecule has 0 heterocycles. The third-order valence-corrected chi connectivity index (χ3v) is 2.39. The molecule has 2 N–H and O–H groups in total. The Morgan fingerprint density at radius 1 is 1.16 bits per heavy atom. The number of carbonyl (C=O) groups is 2. The Morgan fingerprint density at radius 3 is 2.42 bits per heavy atom. The predicted octanol–water partition coefficient (Wildman–Crippen LogP) is 0.786. The van der Waals surface area contributed by atoms with Crippen LogP contribution in [0.5, 0.6) is 5.75 Å². The summed E-state index contributed by atoms with van der Waals surface area (Å²) in [5, 5.41) is 5.58. The maximum absolute atomic E-state index is 11.6. The van der Waals surface area contributed by atoms with Crippen molar-refractivity contribution in [2.24, 2.45) is 0 Å².